The first-order valence-electron chi connectivity index (χ1n) is 17.5. The summed E-state index contributed by atoms with van der Waals surface area (Å²) in [6, 6.07) is 19.8. The minimum atomic E-state index is -0.222. The number of ether oxygens (including phenoxy) is 2. The molecule has 0 bridgehead atoms. The van der Waals surface area contributed by atoms with E-state index in [1.807, 2.05) is 74.8 Å². The Balaban J connectivity index is 0.000000172. The maximum atomic E-state index is 12.0. The number of esters is 2. The summed E-state index contributed by atoms with van der Waals surface area (Å²) in [7, 11) is 0. The highest BCUT2D eigenvalue weighted by atomic mass is 79.9. The molecule has 0 atom stereocenters. The van der Waals surface area contributed by atoms with Gasteiger partial charge < -0.3 is 18.6 Å². The highest BCUT2D eigenvalue weighted by Gasteiger charge is 2.18. The number of fused-ring (bicyclic) bond motifs is 4. The monoisotopic (exact) mass is 990 g/mol. The number of carbonyl (C=O) groups is 2. The zero-order chi connectivity index (χ0) is 39.7. The molecule has 0 fully saturated rings. The highest BCUT2D eigenvalue weighted by molar-refractivity contribution is 9.10. The van der Waals surface area contributed by atoms with Crippen LogP contribution >= 0.6 is 101 Å². The number of aromatic nitrogens is 2. The van der Waals surface area contributed by atoms with E-state index in [9.17, 15) is 9.59 Å². The Kier molecular flexibility index (Phi) is 13.1. The van der Waals surface area contributed by atoms with Gasteiger partial charge in [0.1, 0.15) is 0 Å². The van der Waals surface area contributed by atoms with Gasteiger partial charge in [-0.1, -0.05) is 90.4 Å². The predicted molar refractivity (Wildman–Crippen MR) is 242 cm³/mol. The van der Waals surface area contributed by atoms with Crippen LogP contribution in [-0.4, -0.2) is 34.3 Å². The maximum Gasteiger partial charge on any atom is 0.310 e. The van der Waals surface area contributed by atoms with Crippen molar-refractivity contribution in [3.05, 3.63) is 135 Å². The van der Waals surface area contributed by atoms with Crippen LogP contribution in [0.15, 0.2) is 92.8 Å². The van der Waals surface area contributed by atoms with Crippen LogP contribution in [-0.2, 0) is 45.0 Å². The molecule has 8 rings (SSSR count). The average molecular weight is 994 g/mol. The fraction of sp³-hybridized carbons (Fsp3) is 0.190. The van der Waals surface area contributed by atoms with Gasteiger partial charge in [-0.3, -0.25) is 9.59 Å². The molecule has 0 aliphatic carbocycles. The lowest BCUT2D eigenvalue weighted by Crippen LogP contribution is -2.07. The molecule has 8 aromatic rings. The summed E-state index contributed by atoms with van der Waals surface area (Å²) in [5, 5.41) is 10.7. The second-order valence-corrected chi connectivity index (χ2v) is 18.1. The van der Waals surface area contributed by atoms with Crippen molar-refractivity contribution in [2.45, 2.75) is 39.8 Å². The van der Waals surface area contributed by atoms with E-state index >= 15 is 0 Å². The molecule has 0 radical (unpaired) electrons. The van der Waals surface area contributed by atoms with Gasteiger partial charge in [-0.15, -0.1) is 22.7 Å². The number of rotatable bonds is 10. The first-order valence-corrected chi connectivity index (χ1v) is 22.3. The number of carbonyl (C=O) groups excluding carboxylic acids is 2. The number of hydrogen-bond donors (Lipinski definition) is 0. The number of benzene rings is 4. The zero-order valence-electron chi connectivity index (χ0n) is 29.9. The quantitative estimate of drug-likeness (QED) is 0.128. The topological polar surface area (TPSA) is 62.5 Å². The van der Waals surface area contributed by atoms with Crippen LogP contribution in [0.3, 0.4) is 0 Å². The van der Waals surface area contributed by atoms with Gasteiger partial charge in [-0.25, -0.2) is 0 Å². The van der Waals surface area contributed by atoms with E-state index in [4.69, 9.17) is 55.9 Å². The fourth-order valence-electron chi connectivity index (χ4n) is 6.77. The molecular weight excluding hydrogens is 962 g/mol. The summed E-state index contributed by atoms with van der Waals surface area (Å²) in [6.45, 7) is 5.70. The highest BCUT2D eigenvalue weighted by Crippen LogP contribution is 2.39. The Labute approximate surface area is 368 Å². The largest absolute Gasteiger partial charge is 0.466 e. The van der Waals surface area contributed by atoms with E-state index < -0.39 is 0 Å². The molecule has 0 saturated carbocycles. The van der Waals surface area contributed by atoms with Gasteiger partial charge in [0, 0.05) is 71.0 Å². The van der Waals surface area contributed by atoms with Crippen LogP contribution in [0.5, 0.6) is 0 Å². The standard InChI is InChI=1S/2C21H16BrCl2NO2S/c1-2-27-21(26)5-12-9-25(19-6-14(22)3-4-15(12)19)10-13-11-28-20-8-18(24)17(23)7-16(13)20;1-2-27-19(26)7-12-9-25(17-8-14(22)3-4-15(12)17)10-13-11-28-18-6-5-16(23)21(24)20(13)18/h3-4,6-9,11H,2,5,10H2,1H3;3-6,8-9,11H,2,7,10H2,1H3. The third kappa shape index (κ3) is 8.83. The summed E-state index contributed by atoms with van der Waals surface area (Å²) in [4.78, 5) is 24.1. The molecule has 4 heterocycles. The van der Waals surface area contributed by atoms with Crippen molar-refractivity contribution in [3.8, 4) is 0 Å². The Morgan fingerprint density at radius 3 is 1.70 bits per heavy atom. The lowest BCUT2D eigenvalue weighted by Gasteiger charge is -2.07. The molecule has 4 aromatic heterocycles. The number of nitrogens with zero attached hydrogens (tertiary/aromatic N) is 2. The van der Waals surface area contributed by atoms with Gasteiger partial charge in [0.05, 0.1) is 46.1 Å². The van der Waals surface area contributed by atoms with Crippen molar-refractivity contribution in [2.75, 3.05) is 13.2 Å². The second-order valence-electron chi connectivity index (χ2n) is 12.9. The molecule has 6 nitrogen and oxygen atoms in total. The van der Waals surface area contributed by atoms with Crippen LogP contribution in [0.25, 0.3) is 42.0 Å². The van der Waals surface area contributed by atoms with E-state index in [2.05, 4.69) is 63.9 Å². The molecule has 0 unspecified atom stereocenters. The molecule has 14 heteroatoms. The van der Waals surface area contributed by atoms with Crippen LogP contribution in [0.4, 0.5) is 0 Å². The average Bonchev–Trinajstić information content (AvgIpc) is 3.92. The first-order chi connectivity index (χ1) is 26.9. The van der Waals surface area contributed by atoms with Crippen molar-refractivity contribution in [2.24, 2.45) is 0 Å². The Bertz CT molecular complexity index is 2770. The second kappa shape index (κ2) is 17.8. The van der Waals surface area contributed by atoms with Crippen LogP contribution < -0.4 is 0 Å². The van der Waals surface area contributed by atoms with E-state index in [1.165, 1.54) is 0 Å². The van der Waals surface area contributed by atoms with Crippen molar-refractivity contribution in [3.63, 3.8) is 0 Å². The molecule has 288 valence electrons. The lowest BCUT2D eigenvalue weighted by molar-refractivity contribution is -0.143. The van der Waals surface area contributed by atoms with E-state index in [-0.39, 0.29) is 24.8 Å². The van der Waals surface area contributed by atoms with Crippen LogP contribution in [0.2, 0.25) is 20.1 Å². The molecule has 0 amide bonds. The molecule has 0 spiro atoms. The summed E-state index contributed by atoms with van der Waals surface area (Å²) in [6.07, 6.45) is 4.56. The molecule has 0 aliphatic heterocycles. The SMILES string of the molecule is CCOC(=O)Cc1cn(Cc2csc3cc(Cl)c(Cl)cc23)c2cc(Br)ccc12.CCOC(=O)Cc1cn(Cc2csc3ccc(Cl)c(Cl)c23)c2cc(Br)ccc12. The predicted octanol–water partition coefficient (Wildman–Crippen LogP) is 14.2. The van der Waals surface area contributed by atoms with E-state index in [0.29, 0.717) is 46.4 Å². The third-order valence-electron chi connectivity index (χ3n) is 9.22. The van der Waals surface area contributed by atoms with Gasteiger partial charge in [0.2, 0.25) is 0 Å². The van der Waals surface area contributed by atoms with Gasteiger partial charge in [0.15, 0.2) is 0 Å². The third-order valence-corrected chi connectivity index (χ3v) is 13.7. The summed E-state index contributed by atoms with van der Waals surface area (Å²) < 4.78 is 18.8. The minimum Gasteiger partial charge on any atom is -0.466 e. The summed E-state index contributed by atoms with van der Waals surface area (Å²) >= 11 is 35.5. The Hall–Kier alpha value is -3.06. The Morgan fingerprint density at radius 2 is 1.12 bits per heavy atom. The van der Waals surface area contributed by atoms with Crippen molar-refractivity contribution < 1.29 is 19.1 Å². The molecular formula is C42H32Br2Cl4N2O4S2. The van der Waals surface area contributed by atoms with E-state index in [0.717, 1.165) is 73.2 Å². The molecule has 0 aliphatic rings. The molecule has 0 saturated heterocycles. The van der Waals surface area contributed by atoms with Gasteiger partial charge in [-0.05, 0) is 101 Å². The summed E-state index contributed by atoms with van der Waals surface area (Å²) in [5.74, 6) is -0.438. The normalized spacial score (nSPS) is 11.4. The number of thiophene rings is 2. The van der Waals surface area contributed by atoms with E-state index in [1.54, 1.807) is 22.7 Å². The zero-order valence-corrected chi connectivity index (χ0v) is 37.8. The van der Waals surface area contributed by atoms with Crippen molar-refractivity contribution >= 4 is 155 Å². The number of hydrogen-bond acceptors (Lipinski definition) is 6. The summed E-state index contributed by atoms with van der Waals surface area (Å²) in [5.41, 5.74) is 6.29. The lowest BCUT2D eigenvalue weighted by atomic mass is 10.1. The maximum absolute atomic E-state index is 12.0. The smallest absolute Gasteiger partial charge is 0.310 e. The first kappa shape index (κ1) is 41.1. The molecule has 4 aromatic carbocycles. The molecule has 56 heavy (non-hydrogen) atoms. The Morgan fingerprint density at radius 1 is 0.607 bits per heavy atom. The van der Waals surface area contributed by atoms with Gasteiger partial charge in [0.25, 0.3) is 0 Å². The molecule has 0 N–H and O–H groups in total. The minimum absolute atomic E-state index is 0.216. The van der Waals surface area contributed by atoms with Crippen molar-refractivity contribution in [1.29, 1.82) is 0 Å². The fourth-order valence-corrected chi connectivity index (χ4v) is 10.3. The van der Waals surface area contributed by atoms with Gasteiger partial charge >= 0.3 is 11.9 Å². The number of halogens is 6. The van der Waals surface area contributed by atoms with Crippen LogP contribution in [0, 0.1) is 0 Å². The van der Waals surface area contributed by atoms with Crippen LogP contribution in [0.1, 0.15) is 36.1 Å². The van der Waals surface area contributed by atoms with Crippen molar-refractivity contribution in [1.82, 2.24) is 9.13 Å². The van der Waals surface area contributed by atoms with Gasteiger partial charge in [-0.2, -0.15) is 0 Å².